The molecule has 0 bridgehead atoms. The molecule has 8 heteroatoms. The lowest BCUT2D eigenvalue weighted by atomic mass is 10.1. The Bertz CT molecular complexity index is 811. The predicted octanol–water partition coefficient (Wildman–Crippen LogP) is 1.60. The highest BCUT2D eigenvalue weighted by Crippen LogP contribution is 2.20. The van der Waals surface area contributed by atoms with Gasteiger partial charge in [0, 0.05) is 16.6 Å². The summed E-state index contributed by atoms with van der Waals surface area (Å²) in [5.41, 5.74) is 1.13. The number of hydrogen-bond donors (Lipinski definition) is 1. The molecule has 0 unspecified atom stereocenters. The Hall–Kier alpha value is -3.05. The first-order valence-corrected chi connectivity index (χ1v) is 8.22. The summed E-state index contributed by atoms with van der Waals surface area (Å²) in [7, 11) is 0. The smallest absolute Gasteiger partial charge is 0.325 e. The molecule has 7 nitrogen and oxygen atoms in total. The van der Waals surface area contributed by atoms with Crippen LogP contribution in [0.5, 0.6) is 0 Å². The van der Waals surface area contributed by atoms with Gasteiger partial charge in [0.05, 0.1) is 6.07 Å². The molecular formula is C17H15N3O4S. The molecule has 0 aliphatic carbocycles. The van der Waals surface area contributed by atoms with Crippen molar-refractivity contribution in [3.8, 4) is 6.07 Å². The van der Waals surface area contributed by atoms with Gasteiger partial charge in [-0.05, 0) is 19.1 Å². The van der Waals surface area contributed by atoms with Crippen LogP contribution >= 0.6 is 11.3 Å². The van der Waals surface area contributed by atoms with Gasteiger partial charge in [0.15, 0.2) is 18.3 Å². The zero-order valence-electron chi connectivity index (χ0n) is 13.4. The minimum Gasteiger partial charge on any atom is -0.456 e. The molecular weight excluding hydrogens is 342 g/mol. The van der Waals surface area contributed by atoms with Crippen molar-refractivity contribution in [2.45, 2.75) is 12.8 Å². The highest BCUT2D eigenvalue weighted by atomic mass is 32.1. The number of aryl methyl sites for hydroxylation is 1. The number of nitrogens with one attached hydrogen (secondary N) is 1. The Kier molecular flexibility index (Phi) is 6.37. The quantitative estimate of drug-likeness (QED) is 0.754. The lowest BCUT2D eigenvalue weighted by Gasteiger charge is -2.08. The summed E-state index contributed by atoms with van der Waals surface area (Å²) in [6.07, 6.45) is 0. The fourth-order valence-corrected chi connectivity index (χ4v) is 2.76. The fourth-order valence-electron chi connectivity index (χ4n) is 1.90. The van der Waals surface area contributed by atoms with Gasteiger partial charge in [-0.15, -0.1) is 11.3 Å². The van der Waals surface area contributed by atoms with Crippen molar-refractivity contribution >= 4 is 29.0 Å². The summed E-state index contributed by atoms with van der Waals surface area (Å²) < 4.78 is 4.82. The van der Waals surface area contributed by atoms with E-state index in [4.69, 9.17) is 10.00 Å². The van der Waals surface area contributed by atoms with Crippen molar-refractivity contribution in [2.24, 2.45) is 0 Å². The van der Waals surface area contributed by atoms with Crippen LogP contribution < -0.4 is 5.32 Å². The summed E-state index contributed by atoms with van der Waals surface area (Å²) in [4.78, 5) is 39.6. The Balaban J connectivity index is 1.80. The van der Waals surface area contributed by atoms with Crippen LogP contribution in [0.25, 0.3) is 0 Å². The first-order valence-electron chi connectivity index (χ1n) is 7.34. The maximum Gasteiger partial charge on any atom is 0.325 e. The molecule has 0 aliphatic rings. The molecule has 1 atom stereocenters. The zero-order valence-corrected chi connectivity index (χ0v) is 14.2. The minimum absolute atomic E-state index is 0.366. The number of nitrogens with zero attached hydrogens (tertiary/aromatic N) is 2. The van der Waals surface area contributed by atoms with Crippen molar-refractivity contribution in [2.75, 3.05) is 13.2 Å². The molecule has 1 aromatic carbocycles. The number of ether oxygens (including phenoxy) is 1. The average Bonchev–Trinajstić information content (AvgIpc) is 3.05. The molecule has 0 radical (unpaired) electrons. The number of rotatable bonds is 7. The SMILES string of the molecule is Cc1csc([C@@H](C#N)C(=O)COC(=O)CNC(=O)c2ccccc2)n1. The van der Waals surface area contributed by atoms with Crippen molar-refractivity contribution < 1.29 is 19.1 Å². The Morgan fingerprint density at radius 3 is 2.64 bits per heavy atom. The highest BCUT2D eigenvalue weighted by molar-refractivity contribution is 7.09. The number of hydrogen-bond acceptors (Lipinski definition) is 7. The van der Waals surface area contributed by atoms with Crippen LogP contribution in [-0.2, 0) is 14.3 Å². The zero-order chi connectivity index (χ0) is 18.2. The summed E-state index contributed by atoms with van der Waals surface area (Å²) >= 11 is 1.20. The van der Waals surface area contributed by atoms with E-state index in [-0.39, 0.29) is 6.54 Å². The molecule has 0 saturated heterocycles. The molecule has 2 rings (SSSR count). The number of amides is 1. The van der Waals surface area contributed by atoms with Gasteiger partial charge >= 0.3 is 5.97 Å². The summed E-state index contributed by atoms with van der Waals surface area (Å²) in [5.74, 6) is -2.80. The van der Waals surface area contributed by atoms with Crippen LogP contribution in [0, 0.1) is 18.3 Å². The van der Waals surface area contributed by atoms with Crippen molar-refractivity contribution in [3.63, 3.8) is 0 Å². The molecule has 1 amide bonds. The van der Waals surface area contributed by atoms with E-state index in [1.54, 1.807) is 42.6 Å². The predicted molar refractivity (Wildman–Crippen MR) is 89.9 cm³/mol. The number of benzene rings is 1. The molecule has 1 N–H and O–H groups in total. The van der Waals surface area contributed by atoms with Crippen molar-refractivity contribution in [1.82, 2.24) is 10.3 Å². The molecule has 0 saturated carbocycles. The van der Waals surface area contributed by atoms with Crippen LogP contribution in [0.15, 0.2) is 35.7 Å². The van der Waals surface area contributed by atoms with E-state index in [9.17, 15) is 14.4 Å². The molecule has 128 valence electrons. The Morgan fingerprint density at radius 1 is 1.32 bits per heavy atom. The van der Waals surface area contributed by atoms with Gasteiger partial charge in [-0.3, -0.25) is 14.4 Å². The molecule has 0 spiro atoms. The normalized spacial score (nSPS) is 11.2. The van der Waals surface area contributed by atoms with E-state index in [1.807, 2.05) is 6.07 Å². The van der Waals surface area contributed by atoms with Crippen LogP contribution in [0.4, 0.5) is 0 Å². The number of ketones is 1. The molecule has 0 aliphatic heterocycles. The Morgan fingerprint density at radius 2 is 2.04 bits per heavy atom. The number of Topliss-reactive ketones (excluding diaryl/α,β-unsaturated/α-hetero) is 1. The first kappa shape index (κ1) is 18.3. The fraction of sp³-hybridized carbons (Fsp3) is 0.235. The van der Waals surface area contributed by atoms with Crippen molar-refractivity contribution in [3.05, 3.63) is 52.0 Å². The van der Waals surface area contributed by atoms with Crippen LogP contribution in [0.1, 0.15) is 27.0 Å². The second-order valence-corrected chi connectivity index (χ2v) is 5.95. The number of nitriles is 1. The first-order chi connectivity index (χ1) is 12.0. The third-order valence-electron chi connectivity index (χ3n) is 3.14. The van der Waals surface area contributed by atoms with E-state index < -0.39 is 30.2 Å². The van der Waals surface area contributed by atoms with Crippen LogP contribution in [0.3, 0.4) is 0 Å². The molecule has 2 aromatic rings. The van der Waals surface area contributed by atoms with Gasteiger partial charge in [0.2, 0.25) is 0 Å². The Labute approximate surface area is 148 Å². The third-order valence-corrected chi connectivity index (χ3v) is 4.17. The molecule has 25 heavy (non-hydrogen) atoms. The monoisotopic (exact) mass is 357 g/mol. The number of aromatic nitrogens is 1. The van der Waals surface area contributed by atoms with E-state index in [2.05, 4.69) is 10.3 Å². The number of thiazole rings is 1. The largest absolute Gasteiger partial charge is 0.456 e. The maximum atomic E-state index is 12.0. The van der Waals surface area contributed by atoms with E-state index >= 15 is 0 Å². The van der Waals surface area contributed by atoms with Gasteiger partial charge in [-0.2, -0.15) is 5.26 Å². The van der Waals surface area contributed by atoms with Gasteiger partial charge < -0.3 is 10.1 Å². The highest BCUT2D eigenvalue weighted by Gasteiger charge is 2.24. The summed E-state index contributed by atoms with van der Waals surface area (Å²) in [6.45, 7) is 0.847. The minimum atomic E-state index is -1.06. The molecule has 1 heterocycles. The van der Waals surface area contributed by atoms with Gasteiger partial charge in [0.25, 0.3) is 5.91 Å². The van der Waals surface area contributed by atoms with E-state index in [1.165, 1.54) is 11.3 Å². The van der Waals surface area contributed by atoms with Gasteiger partial charge in [-0.25, -0.2) is 4.98 Å². The van der Waals surface area contributed by atoms with E-state index in [0.717, 1.165) is 0 Å². The summed E-state index contributed by atoms with van der Waals surface area (Å²) in [5, 5.41) is 13.6. The number of carbonyl (C=O) groups excluding carboxylic acids is 3. The van der Waals surface area contributed by atoms with Crippen LogP contribution in [0.2, 0.25) is 0 Å². The lowest BCUT2D eigenvalue weighted by Crippen LogP contribution is -2.32. The average molecular weight is 357 g/mol. The molecule has 1 aromatic heterocycles. The maximum absolute atomic E-state index is 12.0. The topological polar surface area (TPSA) is 109 Å². The molecule has 0 fully saturated rings. The lowest BCUT2D eigenvalue weighted by molar-refractivity contribution is -0.146. The number of carbonyl (C=O) groups is 3. The number of esters is 1. The second-order valence-electron chi connectivity index (χ2n) is 5.06. The standard InChI is InChI=1S/C17H15N3O4S/c1-11-10-25-17(20-11)13(7-18)14(21)9-24-15(22)8-19-16(23)12-5-3-2-4-6-12/h2-6,10,13H,8-9H2,1H3,(H,19,23)/t13-/m0/s1. The van der Waals surface area contributed by atoms with Gasteiger partial charge in [0.1, 0.15) is 11.6 Å². The second kappa shape index (κ2) is 8.70. The van der Waals surface area contributed by atoms with E-state index in [0.29, 0.717) is 16.3 Å². The summed E-state index contributed by atoms with van der Waals surface area (Å²) in [6, 6.07) is 10.3. The van der Waals surface area contributed by atoms with Crippen molar-refractivity contribution in [1.29, 1.82) is 5.26 Å². The van der Waals surface area contributed by atoms with Crippen LogP contribution in [-0.4, -0.2) is 35.8 Å². The van der Waals surface area contributed by atoms with Gasteiger partial charge in [-0.1, -0.05) is 18.2 Å². The third kappa shape index (κ3) is 5.22.